The average Bonchev–Trinajstić information content (AvgIpc) is 3.73. The van der Waals surface area contributed by atoms with Gasteiger partial charge in [0.15, 0.2) is 0 Å². The van der Waals surface area contributed by atoms with Crippen LogP contribution >= 0.6 is 0 Å². The third-order valence-corrected chi connectivity index (χ3v) is 14.2. The second kappa shape index (κ2) is 17.2. The third kappa shape index (κ3) is 9.43. The molecule has 274 valence electrons. The van der Waals surface area contributed by atoms with Gasteiger partial charge in [0.05, 0.1) is 6.61 Å². The van der Waals surface area contributed by atoms with Crippen molar-refractivity contribution >= 4 is 30.6 Å². The predicted octanol–water partition coefficient (Wildman–Crippen LogP) is 8.98. The van der Waals surface area contributed by atoms with Gasteiger partial charge in [-0.1, -0.05) is 124 Å². The van der Waals surface area contributed by atoms with Crippen LogP contribution in [0.4, 0.5) is 0 Å². The van der Waals surface area contributed by atoms with Crippen LogP contribution in [0.1, 0.15) is 64.5 Å². The standard InChI is InChI=1S/C24H28O4Si.C20H18O4/c1-18-19(17-22(28-18)23(25)26)15-16-27-29(24(2,3)4,20-11-7-5-8-12-20)21-13-9-6-10-14-21;1-14-17(13-19(24-14)20(21)22)11-12-23-18-9-7-16(8-10-18)15-5-3-2-4-6-15/h5-14,17H,15-16H2,1-4H3,(H,25,26);2-10,13H,11-12H2,1H3,(H,21,22). The van der Waals surface area contributed by atoms with Crippen molar-refractivity contribution in [2.24, 2.45) is 0 Å². The molecule has 0 unspecified atom stereocenters. The summed E-state index contributed by atoms with van der Waals surface area (Å²) in [6.45, 7) is 11.2. The van der Waals surface area contributed by atoms with Crippen LogP contribution in [0.5, 0.6) is 5.75 Å². The SMILES string of the molecule is Cc1oc(C(=O)O)cc1CCO[Si](c1ccccc1)(c1ccccc1)C(C)(C)C.Cc1oc(C(=O)O)cc1CCOc1ccc(-c2ccccc2)cc1. The average molecular weight is 731 g/mol. The van der Waals surface area contributed by atoms with Crippen LogP contribution in [0.3, 0.4) is 0 Å². The van der Waals surface area contributed by atoms with E-state index in [4.69, 9.17) is 28.2 Å². The number of carbonyl (C=O) groups is 2. The highest BCUT2D eigenvalue weighted by Crippen LogP contribution is 2.37. The van der Waals surface area contributed by atoms with Crippen LogP contribution in [0.25, 0.3) is 11.1 Å². The van der Waals surface area contributed by atoms with Gasteiger partial charge in [-0.15, -0.1) is 0 Å². The van der Waals surface area contributed by atoms with Crippen molar-refractivity contribution in [1.29, 1.82) is 0 Å². The van der Waals surface area contributed by atoms with Gasteiger partial charge < -0.3 is 28.2 Å². The largest absolute Gasteiger partial charge is 0.493 e. The molecule has 6 aromatic rings. The second-order valence-corrected chi connectivity index (χ2v) is 18.1. The van der Waals surface area contributed by atoms with Gasteiger partial charge >= 0.3 is 11.9 Å². The molecular weight excluding hydrogens is 685 g/mol. The van der Waals surface area contributed by atoms with E-state index in [1.54, 1.807) is 26.0 Å². The van der Waals surface area contributed by atoms with Crippen molar-refractivity contribution in [2.45, 2.75) is 52.5 Å². The van der Waals surface area contributed by atoms with Crippen LogP contribution in [0.15, 0.2) is 136 Å². The van der Waals surface area contributed by atoms with Gasteiger partial charge in [0.25, 0.3) is 8.32 Å². The first kappa shape index (κ1) is 38.6. The maximum absolute atomic E-state index is 11.2. The Morgan fingerprint density at radius 1 is 0.604 bits per heavy atom. The first-order valence-electron chi connectivity index (χ1n) is 17.6. The molecule has 53 heavy (non-hydrogen) atoms. The quantitative estimate of drug-likeness (QED) is 0.113. The van der Waals surface area contributed by atoms with Crippen LogP contribution < -0.4 is 15.1 Å². The number of aromatic carboxylic acids is 2. The van der Waals surface area contributed by atoms with E-state index >= 15 is 0 Å². The lowest BCUT2D eigenvalue weighted by molar-refractivity contribution is 0.0651. The van der Waals surface area contributed by atoms with E-state index in [0.717, 1.165) is 22.4 Å². The van der Waals surface area contributed by atoms with Crippen molar-refractivity contribution < 1.29 is 37.8 Å². The minimum atomic E-state index is -2.58. The number of aryl methyl sites for hydroxylation is 2. The highest BCUT2D eigenvalue weighted by atomic mass is 28.4. The Hall–Kier alpha value is -5.64. The topological polar surface area (TPSA) is 119 Å². The summed E-state index contributed by atoms with van der Waals surface area (Å²) >= 11 is 0. The van der Waals surface area contributed by atoms with Crippen LogP contribution in [-0.4, -0.2) is 43.7 Å². The molecule has 0 aliphatic heterocycles. The lowest BCUT2D eigenvalue weighted by Gasteiger charge is -2.43. The molecule has 0 aliphatic rings. The van der Waals surface area contributed by atoms with Gasteiger partial charge in [0, 0.05) is 13.0 Å². The summed E-state index contributed by atoms with van der Waals surface area (Å²) in [4.78, 5) is 22.1. The van der Waals surface area contributed by atoms with Gasteiger partial charge in [0.1, 0.15) is 17.3 Å². The van der Waals surface area contributed by atoms with Crippen molar-refractivity contribution in [3.05, 3.63) is 162 Å². The van der Waals surface area contributed by atoms with Gasteiger partial charge in [-0.2, -0.15) is 0 Å². The molecule has 2 heterocycles. The van der Waals surface area contributed by atoms with E-state index in [2.05, 4.69) is 81.4 Å². The molecule has 0 spiro atoms. The molecule has 0 aliphatic carbocycles. The highest BCUT2D eigenvalue weighted by Gasteiger charge is 2.50. The minimum absolute atomic E-state index is 0.0250. The van der Waals surface area contributed by atoms with Gasteiger partial charge in [0.2, 0.25) is 11.5 Å². The number of carboxylic acid groups (broad SMARTS) is 2. The second-order valence-electron chi connectivity index (χ2n) is 13.7. The van der Waals surface area contributed by atoms with Crippen molar-refractivity contribution in [1.82, 2.24) is 0 Å². The smallest absolute Gasteiger partial charge is 0.371 e. The fourth-order valence-corrected chi connectivity index (χ4v) is 11.0. The Balaban J connectivity index is 0.000000208. The molecule has 0 bridgehead atoms. The monoisotopic (exact) mass is 730 g/mol. The predicted molar refractivity (Wildman–Crippen MR) is 209 cm³/mol. The number of rotatable bonds is 13. The number of carboxylic acids is 2. The molecule has 4 aromatic carbocycles. The molecule has 2 aromatic heterocycles. The fraction of sp³-hybridized carbons (Fsp3) is 0.227. The first-order valence-corrected chi connectivity index (χ1v) is 19.5. The molecule has 0 saturated carbocycles. The molecule has 2 N–H and O–H groups in total. The number of benzene rings is 4. The molecule has 9 heteroatoms. The normalized spacial score (nSPS) is 11.4. The molecule has 0 amide bonds. The minimum Gasteiger partial charge on any atom is -0.493 e. The van der Waals surface area contributed by atoms with Gasteiger partial charge in [-0.05, 0) is 82.2 Å². The number of furan rings is 2. The Morgan fingerprint density at radius 3 is 1.43 bits per heavy atom. The lowest BCUT2D eigenvalue weighted by atomic mass is 10.1. The van der Waals surface area contributed by atoms with Crippen molar-refractivity contribution in [3.63, 3.8) is 0 Å². The van der Waals surface area contributed by atoms with Crippen LogP contribution in [0, 0.1) is 13.8 Å². The Labute approximate surface area is 311 Å². The summed E-state index contributed by atoms with van der Waals surface area (Å²) in [7, 11) is -2.58. The fourth-order valence-electron chi connectivity index (χ4n) is 6.48. The number of hydrogen-bond donors (Lipinski definition) is 2. The molecule has 0 saturated heterocycles. The summed E-state index contributed by atoms with van der Waals surface area (Å²) in [5.41, 5.74) is 4.03. The summed E-state index contributed by atoms with van der Waals surface area (Å²) in [5, 5.41) is 20.5. The summed E-state index contributed by atoms with van der Waals surface area (Å²) in [6, 6.07) is 42.2. The van der Waals surface area contributed by atoms with E-state index in [1.165, 1.54) is 15.9 Å². The summed E-state index contributed by atoms with van der Waals surface area (Å²) in [6.07, 6.45) is 1.20. The Kier molecular flexibility index (Phi) is 12.6. The Morgan fingerprint density at radius 2 is 1.02 bits per heavy atom. The van der Waals surface area contributed by atoms with Crippen molar-refractivity contribution in [2.75, 3.05) is 13.2 Å². The highest BCUT2D eigenvalue weighted by molar-refractivity contribution is 6.99. The number of ether oxygens (including phenoxy) is 1. The zero-order valence-corrected chi connectivity index (χ0v) is 31.8. The van der Waals surface area contributed by atoms with Gasteiger partial charge in [-0.3, -0.25) is 0 Å². The molecule has 8 nitrogen and oxygen atoms in total. The molecule has 6 rings (SSSR count). The van der Waals surface area contributed by atoms with Crippen LogP contribution in [0.2, 0.25) is 5.04 Å². The molecule has 0 fully saturated rings. The Bertz CT molecular complexity index is 2040. The van der Waals surface area contributed by atoms with Crippen molar-refractivity contribution in [3.8, 4) is 16.9 Å². The zero-order valence-electron chi connectivity index (χ0n) is 30.8. The van der Waals surface area contributed by atoms with E-state index in [-0.39, 0.29) is 16.6 Å². The maximum Gasteiger partial charge on any atom is 0.371 e. The van der Waals surface area contributed by atoms with Crippen LogP contribution in [-0.2, 0) is 17.3 Å². The van der Waals surface area contributed by atoms with E-state index in [0.29, 0.717) is 37.6 Å². The number of hydrogen-bond acceptors (Lipinski definition) is 6. The summed E-state index contributed by atoms with van der Waals surface area (Å²) in [5.74, 6) is -0.121. The summed E-state index contributed by atoms with van der Waals surface area (Å²) < 4.78 is 23.1. The van der Waals surface area contributed by atoms with Gasteiger partial charge in [-0.25, -0.2) is 9.59 Å². The van der Waals surface area contributed by atoms with E-state index < -0.39 is 20.3 Å². The van der Waals surface area contributed by atoms with E-state index in [9.17, 15) is 9.59 Å². The molecular formula is C44H46O8Si. The zero-order chi connectivity index (χ0) is 38.0. The first-order chi connectivity index (χ1) is 25.4. The maximum atomic E-state index is 11.2. The molecule has 0 radical (unpaired) electrons. The molecule has 0 atom stereocenters. The third-order valence-electron chi connectivity index (χ3n) is 9.17. The lowest BCUT2D eigenvalue weighted by Crippen LogP contribution is -2.66. The van der Waals surface area contributed by atoms with E-state index in [1.807, 2.05) is 54.6 Å².